The lowest BCUT2D eigenvalue weighted by Gasteiger charge is -2.31. The Labute approximate surface area is 110 Å². The smallest absolute Gasteiger partial charge is 0.244 e. The van der Waals surface area contributed by atoms with Gasteiger partial charge in [-0.25, -0.2) is 0 Å². The molecule has 1 heterocycles. The van der Waals surface area contributed by atoms with Gasteiger partial charge in [0.25, 0.3) is 0 Å². The van der Waals surface area contributed by atoms with Gasteiger partial charge in [0.2, 0.25) is 5.91 Å². The number of carbonyl (C=O) groups excluding carboxylic acids is 1. The van der Waals surface area contributed by atoms with E-state index in [9.17, 15) is 4.79 Å². The molecule has 1 spiro atoms. The van der Waals surface area contributed by atoms with E-state index >= 15 is 0 Å². The topological polar surface area (TPSA) is 32.3 Å². The van der Waals surface area contributed by atoms with Crippen LogP contribution in [0.1, 0.15) is 59.3 Å². The zero-order valence-electron chi connectivity index (χ0n) is 11.9. The molecule has 0 radical (unpaired) electrons. The molecule has 1 aliphatic heterocycles. The number of rotatable bonds is 5. The van der Waals surface area contributed by atoms with E-state index in [0.29, 0.717) is 17.9 Å². The second-order valence-corrected chi connectivity index (χ2v) is 7.11. The summed E-state index contributed by atoms with van der Waals surface area (Å²) in [4.78, 5) is 14.8. The first-order valence-electron chi connectivity index (χ1n) is 7.62. The van der Waals surface area contributed by atoms with Gasteiger partial charge in [-0.15, -0.1) is 0 Å². The quantitative estimate of drug-likeness (QED) is 0.813. The lowest BCUT2D eigenvalue weighted by atomic mass is 10.1. The number of nitrogens with one attached hydrogen (secondary N) is 1. The van der Waals surface area contributed by atoms with Gasteiger partial charge < -0.3 is 4.90 Å². The Hall–Kier alpha value is -0.570. The molecule has 1 amide bonds. The van der Waals surface area contributed by atoms with E-state index < -0.39 is 0 Å². The van der Waals surface area contributed by atoms with Crippen LogP contribution in [0.5, 0.6) is 0 Å². The van der Waals surface area contributed by atoms with Gasteiger partial charge in [0.05, 0.1) is 11.7 Å². The molecule has 3 rings (SSSR count). The molecular formula is C15H26N2O. The molecule has 2 saturated carbocycles. The molecule has 1 saturated heterocycles. The van der Waals surface area contributed by atoms with E-state index in [1.54, 1.807) is 0 Å². The van der Waals surface area contributed by atoms with E-state index in [1.807, 2.05) is 0 Å². The fraction of sp³-hybridized carbons (Fsp3) is 0.933. The Balaban J connectivity index is 1.71. The highest BCUT2D eigenvalue weighted by Gasteiger charge is 2.59. The molecule has 2 aliphatic carbocycles. The van der Waals surface area contributed by atoms with Crippen molar-refractivity contribution in [1.29, 1.82) is 0 Å². The van der Waals surface area contributed by atoms with Crippen LogP contribution in [0.3, 0.4) is 0 Å². The molecule has 2 unspecified atom stereocenters. The Kier molecular flexibility index (Phi) is 2.92. The maximum atomic E-state index is 12.6. The fourth-order valence-corrected chi connectivity index (χ4v) is 3.40. The highest BCUT2D eigenvalue weighted by molar-refractivity contribution is 5.92. The van der Waals surface area contributed by atoms with Gasteiger partial charge in [0, 0.05) is 6.04 Å². The van der Waals surface area contributed by atoms with Crippen LogP contribution < -0.4 is 5.32 Å². The van der Waals surface area contributed by atoms with Gasteiger partial charge in [-0.2, -0.15) is 0 Å². The van der Waals surface area contributed by atoms with Crippen molar-refractivity contribution < 1.29 is 4.79 Å². The Morgan fingerprint density at radius 2 is 1.94 bits per heavy atom. The van der Waals surface area contributed by atoms with Gasteiger partial charge in [-0.3, -0.25) is 10.1 Å². The molecule has 0 aromatic carbocycles. The van der Waals surface area contributed by atoms with E-state index in [2.05, 4.69) is 31.0 Å². The predicted molar refractivity (Wildman–Crippen MR) is 72.0 cm³/mol. The minimum Gasteiger partial charge on any atom is -0.323 e. The second kappa shape index (κ2) is 4.22. The van der Waals surface area contributed by atoms with Crippen molar-refractivity contribution in [2.45, 2.75) is 77.0 Å². The van der Waals surface area contributed by atoms with Crippen molar-refractivity contribution in [3.8, 4) is 0 Å². The van der Waals surface area contributed by atoms with Crippen LogP contribution in [0.25, 0.3) is 0 Å². The standard InChI is InChI=1S/C15H26N2O/c1-10(2)8-13-16-15(6-7-15)14(18)17(13)11(3)9-12-4-5-12/h10-13,16H,4-9H2,1-3H3. The summed E-state index contributed by atoms with van der Waals surface area (Å²) >= 11 is 0. The number of amides is 1. The van der Waals surface area contributed by atoms with Crippen LogP contribution in [0.15, 0.2) is 0 Å². The summed E-state index contributed by atoms with van der Waals surface area (Å²) in [5.74, 6) is 1.92. The molecule has 3 heteroatoms. The van der Waals surface area contributed by atoms with Gasteiger partial charge in [-0.05, 0) is 44.4 Å². The van der Waals surface area contributed by atoms with Gasteiger partial charge in [0.15, 0.2) is 0 Å². The van der Waals surface area contributed by atoms with E-state index in [4.69, 9.17) is 0 Å². The van der Waals surface area contributed by atoms with E-state index in [1.165, 1.54) is 19.3 Å². The number of hydrogen-bond donors (Lipinski definition) is 1. The molecule has 102 valence electrons. The second-order valence-electron chi connectivity index (χ2n) is 7.11. The first-order valence-corrected chi connectivity index (χ1v) is 7.62. The molecule has 0 aromatic rings. The molecule has 2 atom stereocenters. The molecule has 3 aliphatic rings. The summed E-state index contributed by atoms with van der Waals surface area (Å²) < 4.78 is 0. The number of carbonyl (C=O) groups is 1. The summed E-state index contributed by atoms with van der Waals surface area (Å²) in [6, 6.07) is 0.418. The Morgan fingerprint density at radius 3 is 2.44 bits per heavy atom. The van der Waals surface area contributed by atoms with Crippen LogP contribution in [-0.4, -0.2) is 28.6 Å². The Bertz CT molecular complexity index is 344. The molecule has 3 fully saturated rings. The average molecular weight is 250 g/mol. The van der Waals surface area contributed by atoms with Crippen molar-refractivity contribution in [3.63, 3.8) is 0 Å². The molecule has 0 aromatic heterocycles. The molecule has 3 nitrogen and oxygen atoms in total. The maximum absolute atomic E-state index is 12.6. The molecule has 0 bridgehead atoms. The summed E-state index contributed by atoms with van der Waals surface area (Å²) in [6.07, 6.45) is 7.43. The van der Waals surface area contributed by atoms with Crippen molar-refractivity contribution in [3.05, 3.63) is 0 Å². The zero-order chi connectivity index (χ0) is 12.9. The van der Waals surface area contributed by atoms with Crippen molar-refractivity contribution in [2.75, 3.05) is 0 Å². The van der Waals surface area contributed by atoms with Crippen LogP contribution in [0.4, 0.5) is 0 Å². The highest BCUT2D eigenvalue weighted by Crippen LogP contribution is 2.45. The lowest BCUT2D eigenvalue weighted by Crippen LogP contribution is -2.44. The largest absolute Gasteiger partial charge is 0.323 e. The average Bonchev–Trinajstić information content (AvgIpc) is 3.12. The van der Waals surface area contributed by atoms with Gasteiger partial charge >= 0.3 is 0 Å². The first-order chi connectivity index (χ1) is 8.52. The fourth-order valence-electron chi connectivity index (χ4n) is 3.40. The summed E-state index contributed by atoms with van der Waals surface area (Å²) in [7, 11) is 0. The minimum absolute atomic E-state index is 0.142. The molecular weight excluding hydrogens is 224 g/mol. The third kappa shape index (κ3) is 2.18. The molecule has 1 N–H and O–H groups in total. The predicted octanol–water partition coefficient (Wildman–Crippen LogP) is 2.51. The van der Waals surface area contributed by atoms with Crippen LogP contribution in [-0.2, 0) is 4.79 Å². The van der Waals surface area contributed by atoms with Crippen LogP contribution in [0.2, 0.25) is 0 Å². The number of hydrogen-bond acceptors (Lipinski definition) is 2. The minimum atomic E-state index is -0.142. The van der Waals surface area contributed by atoms with Crippen LogP contribution in [0, 0.1) is 11.8 Å². The van der Waals surface area contributed by atoms with Gasteiger partial charge in [-0.1, -0.05) is 26.7 Å². The van der Waals surface area contributed by atoms with E-state index in [-0.39, 0.29) is 11.7 Å². The van der Waals surface area contributed by atoms with Crippen molar-refractivity contribution in [1.82, 2.24) is 10.2 Å². The van der Waals surface area contributed by atoms with E-state index in [0.717, 1.165) is 25.2 Å². The van der Waals surface area contributed by atoms with Gasteiger partial charge in [0.1, 0.15) is 0 Å². The normalized spacial score (nSPS) is 31.4. The maximum Gasteiger partial charge on any atom is 0.244 e. The monoisotopic (exact) mass is 250 g/mol. The van der Waals surface area contributed by atoms with Crippen LogP contribution >= 0.6 is 0 Å². The number of nitrogens with zero attached hydrogens (tertiary/aromatic N) is 1. The van der Waals surface area contributed by atoms with Crippen molar-refractivity contribution >= 4 is 5.91 Å². The lowest BCUT2D eigenvalue weighted by molar-refractivity contribution is -0.133. The summed E-state index contributed by atoms with van der Waals surface area (Å²) in [6.45, 7) is 6.73. The third-order valence-corrected chi connectivity index (χ3v) is 4.71. The zero-order valence-corrected chi connectivity index (χ0v) is 11.9. The summed E-state index contributed by atoms with van der Waals surface area (Å²) in [5, 5.41) is 3.62. The molecule has 18 heavy (non-hydrogen) atoms. The third-order valence-electron chi connectivity index (χ3n) is 4.71. The summed E-state index contributed by atoms with van der Waals surface area (Å²) in [5.41, 5.74) is -0.142. The first kappa shape index (κ1) is 12.5. The van der Waals surface area contributed by atoms with Crippen molar-refractivity contribution in [2.24, 2.45) is 11.8 Å². The highest BCUT2D eigenvalue weighted by atomic mass is 16.2. The Morgan fingerprint density at radius 1 is 1.28 bits per heavy atom. The SMILES string of the molecule is CC(C)CC1NC2(CC2)C(=O)N1C(C)CC1CC1.